The lowest BCUT2D eigenvalue weighted by atomic mass is 10.0. The van der Waals surface area contributed by atoms with E-state index in [-0.39, 0.29) is 12.2 Å². The third-order valence-corrected chi connectivity index (χ3v) is 4.36. The number of phenols is 1. The molecule has 0 saturated heterocycles. The highest BCUT2D eigenvalue weighted by molar-refractivity contribution is 5.92. The number of carboxylic acid groups (broad SMARTS) is 1. The second-order valence-electron chi connectivity index (χ2n) is 6.89. The third kappa shape index (κ3) is 8.46. The minimum atomic E-state index is -1.53. The van der Waals surface area contributed by atoms with E-state index in [1.165, 1.54) is 19.1 Å². The van der Waals surface area contributed by atoms with Gasteiger partial charge in [0.2, 0.25) is 11.8 Å². The number of carboxylic acids is 1. The smallest absolute Gasteiger partial charge is 0.328 e. The van der Waals surface area contributed by atoms with E-state index in [0.717, 1.165) is 0 Å². The number of hydrogen-bond acceptors (Lipinski definition) is 7. The Bertz CT molecular complexity index is 680. The predicted octanol–water partition coefficient (Wildman–Crippen LogP) is -1.17. The van der Waals surface area contributed by atoms with E-state index in [9.17, 15) is 24.6 Å². The van der Waals surface area contributed by atoms with Crippen LogP contribution in [-0.2, 0) is 20.8 Å². The molecule has 0 fully saturated rings. The van der Waals surface area contributed by atoms with Gasteiger partial charge in [-0.25, -0.2) is 4.79 Å². The van der Waals surface area contributed by atoms with Crippen LogP contribution in [0.2, 0.25) is 0 Å². The lowest BCUT2D eigenvalue weighted by Crippen LogP contribution is -2.57. The van der Waals surface area contributed by atoms with Crippen molar-refractivity contribution in [3.63, 3.8) is 0 Å². The largest absolute Gasteiger partial charge is 0.508 e. The maximum atomic E-state index is 12.6. The minimum Gasteiger partial charge on any atom is -0.508 e. The molecule has 0 radical (unpaired) electrons. The summed E-state index contributed by atoms with van der Waals surface area (Å²) in [4.78, 5) is 36.3. The summed E-state index contributed by atoms with van der Waals surface area (Å²) in [6, 6.07) is 2.52. The van der Waals surface area contributed by atoms with Gasteiger partial charge in [-0.15, -0.1) is 0 Å². The zero-order valence-electron chi connectivity index (χ0n) is 16.4. The van der Waals surface area contributed by atoms with E-state index in [4.69, 9.17) is 16.6 Å². The number of aliphatic hydroxyl groups is 1. The second-order valence-corrected chi connectivity index (χ2v) is 6.89. The fraction of sp³-hybridized carbons (Fsp3) is 0.526. The normalized spacial score (nSPS) is 15.0. The maximum Gasteiger partial charge on any atom is 0.328 e. The van der Waals surface area contributed by atoms with Crippen LogP contribution < -0.4 is 22.1 Å². The van der Waals surface area contributed by atoms with Gasteiger partial charge >= 0.3 is 5.97 Å². The van der Waals surface area contributed by atoms with Crippen LogP contribution in [0.15, 0.2) is 24.3 Å². The van der Waals surface area contributed by atoms with Crippen LogP contribution in [0, 0.1) is 0 Å². The summed E-state index contributed by atoms with van der Waals surface area (Å²) in [5.74, 6) is -2.68. The minimum absolute atomic E-state index is 0.0412. The predicted molar refractivity (Wildman–Crippen MR) is 106 cm³/mol. The van der Waals surface area contributed by atoms with Crippen LogP contribution in [0.5, 0.6) is 5.75 Å². The second kappa shape index (κ2) is 12.0. The van der Waals surface area contributed by atoms with Gasteiger partial charge in [-0.3, -0.25) is 9.59 Å². The van der Waals surface area contributed by atoms with Crippen LogP contribution in [0.3, 0.4) is 0 Å². The Hall–Kier alpha value is -2.69. The average Bonchev–Trinajstić information content (AvgIpc) is 2.66. The number of nitrogens with one attached hydrogen (secondary N) is 2. The van der Waals surface area contributed by atoms with Crippen LogP contribution in [-0.4, -0.2) is 63.9 Å². The molecule has 10 heteroatoms. The van der Waals surface area contributed by atoms with Crippen LogP contribution in [0.25, 0.3) is 0 Å². The van der Waals surface area contributed by atoms with Gasteiger partial charge in [0.1, 0.15) is 11.8 Å². The standard InChI is InChI=1S/C19H30N4O6/c1-11(24)16(19(28)29)23-18(27)15(10-12-5-7-13(25)8-6-12)22-17(26)14(21)4-2-3-9-20/h5-8,11,14-16,24-25H,2-4,9-10,20-21H2,1H3,(H,22,26)(H,23,27)(H,28,29). The molecule has 0 bridgehead atoms. The van der Waals surface area contributed by atoms with Gasteiger partial charge < -0.3 is 37.4 Å². The first-order valence-corrected chi connectivity index (χ1v) is 9.40. The summed E-state index contributed by atoms with van der Waals surface area (Å²) in [6.07, 6.45) is 0.470. The van der Waals surface area contributed by atoms with Gasteiger partial charge in [-0.1, -0.05) is 18.6 Å². The molecule has 0 saturated carbocycles. The Morgan fingerprint density at radius 1 is 1.07 bits per heavy atom. The molecule has 0 aliphatic heterocycles. The van der Waals surface area contributed by atoms with Gasteiger partial charge in [0, 0.05) is 6.42 Å². The molecule has 0 heterocycles. The van der Waals surface area contributed by atoms with Crippen molar-refractivity contribution in [2.24, 2.45) is 11.5 Å². The number of phenolic OH excluding ortho intramolecular Hbond substituents is 1. The molecule has 10 nitrogen and oxygen atoms in total. The number of aliphatic hydroxyl groups excluding tert-OH is 1. The monoisotopic (exact) mass is 410 g/mol. The van der Waals surface area contributed by atoms with Gasteiger partial charge in [-0.2, -0.15) is 0 Å². The number of aromatic hydroxyl groups is 1. The zero-order chi connectivity index (χ0) is 22.0. The highest BCUT2D eigenvalue weighted by Crippen LogP contribution is 2.12. The molecular formula is C19H30N4O6. The lowest BCUT2D eigenvalue weighted by Gasteiger charge is -2.24. The Morgan fingerprint density at radius 3 is 2.21 bits per heavy atom. The van der Waals surface area contributed by atoms with Crippen molar-refractivity contribution < 1.29 is 29.7 Å². The fourth-order valence-corrected chi connectivity index (χ4v) is 2.64. The number of benzene rings is 1. The Kier molecular flexibility index (Phi) is 10.1. The summed E-state index contributed by atoms with van der Waals surface area (Å²) in [5.41, 5.74) is 11.9. The molecule has 162 valence electrons. The first-order chi connectivity index (χ1) is 13.6. The lowest BCUT2D eigenvalue weighted by molar-refractivity contribution is -0.145. The summed E-state index contributed by atoms with van der Waals surface area (Å²) in [7, 11) is 0. The molecule has 4 atom stereocenters. The fourth-order valence-electron chi connectivity index (χ4n) is 2.64. The highest BCUT2D eigenvalue weighted by atomic mass is 16.4. The Morgan fingerprint density at radius 2 is 1.69 bits per heavy atom. The number of hydrogen-bond donors (Lipinski definition) is 7. The molecule has 1 aromatic carbocycles. The molecule has 4 unspecified atom stereocenters. The highest BCUT2D eigenvalue weighted by Gasteiger charge is 2.30. The number of carbonyl (C=O) groups is 3. The average molecular weight is 410 g/mol. The van der Waals surface area contributed by atoms with Crippen molar-refractivity contribution in [3.05, 3.63) is 29.8 Å². The number of nitrogens with two attached hydrogens (primary N) is 2. The number of carbonyl (C=O) groups excluding carboxylic acids is 2. The van der Waals surface area contributed by atoms with E-state index in [1.54, 1.807) is 12.1 Å². The van der Waals surface area contributed by atoms with Crippen LogP contribution >= 0.6 is 0 Å². The van der Waals surface area contributed by atoms with Crippen molar-refractivity contribution in [1.29, 1.82) is 0 Å². The topological polar surface area (TPSA) is 188 Å². The van der Waals surface area contributed by atoms with E-state index >= 15 is 0 Å². The molecule has 0 aliphatic rings. The van der Waals surface area contributed by atoms with E-state index < -0.39 is 42.0 Å². The molecule has 0 spiro atoms. The summed E-state index contributed by atoms with van der Waals surface area (Å²) >= 11 is 0. The van der Waals surface area contributed by atoms with Gasteiger partial charge in [-0.05, 0) is 44.0 Å². The number of rotatable bonds is 12. The first-order valence-electron chi connectivity index (χ1n) is 9.40. The molecule has 29 heavy (non-hydrogen) atoms. The summed E-state index contributed by atoms with van der Waals surface area (Å²) in [5, 5.41) is 32.9. The SMILES string of the molecule is CC(O)C(NC(=O)C(Cc1ccc(O)cc1)NC(=O)C(N)CCCCN)C(=O)O. The number of unbranched alkanes of at least 4 members (excludes halogenated alkanes) is 1. The van der Waals surface area contributed by atoms with Crippen molar-refractivity contribution in [1.82, 2.24) is 10.6 Å². The number of amides is 2. The molecule has 1 rings (SSSR count). The molecule has 9 N–H and O–H groups in total. The Labute approximate surface area is 169 Å². The zero-order valence-corrected chi connectivity index (χ0v) is 16.4. The van der Waals surface area contributed by atoms with Gasteiger partial charge in [0.25, 0.3) is 0 Å². The molecule has 0 aromatic heterocycles. The third-order valence-electron chi connectivity index (χ3n) is 4.36. The van der Waals surface area contributed by atoms with Gasteiger partial charge in [0.15, 0.2) is 6.04 Å². The molecule has 0 aliphatic carbocycles. The molecule has 1 aromatic rings. The van der Waals surface area contributed by atoms with E-state index in [1.807, 2.05) is 0 Å². The quantitative estimate of drug-likeness (QED) is 0.210. The summed E-state index contributed by atoms with van der Waals surface area (Å²) in [6.45, 7) is 1.72. The van der Waals surface area contributed by atoms with E-state index in [0.29, 0.717) is 31.4 Å². The van der Waals surface area contributed by atoms with Crippen molar-refractivity contribution >= 4 is 17.8 Å². The first kappa shape index (κ1) is 24.3. The number of aliphatic carboxylic acids is 1. The maximum absolute atomic E-state index is 12.6. The molecular weight excluding hydrogens is 380 g/mol. The molecule has 2 amide bonds. The van der Waals surface area contributed by atoms with Crippen molar-refractivity contribution in [3.8, 4) is 5.75 Å². The Balaban J connectivity index is 2.92. The summed E-state index contributed by atoms with van der Waals surface area (Å²) < 4.78 is 0. The van der Waals surface area contributed by atoms with E-state index in [2.05, 4.69) is 10.6 Å². The van der Waals surface area contributed by atoms with Crippen molar-refractivity contribution in [2.45, 2.75) is 56.8 Å². The van der Waals surface area contributed by atoms with Crippen LogP contribution in [0.1, 0.15) is 31.7 Å². The van der Waals surface area contributed by atoms with Crippen molar-refractivity contribution in [2.75, 3.05) is 6.54 Å². The van der Waals surface area contributed by atoms with Gasteiger partial charge in [0.05, 0.1) is 12.1 Å². The van der Waals surface area contributed by atoms with Crippen LogP contribution in [0.4, 0.5) is 0 Å².